The number of benzene rings is 3. The average Bonchev–Trinajstić information content (AvgIpc) is 2.70. The summed E-state index contributed by atoms with van der Waals surface area (Å²) in [6.45, 7) is 19.6. The predicted molar refractivity (Wildman–Crippen MR) is 145 cm³/mol. The van der Waals surface area contributed by atoms with Crippen molar-refractivity contribution in [2.24, 2.45) is 0 Å². The second-order valence-electron chi connectivity index (χ2n) is 12.0. The largest absolute Gasteiger partial charge is 0.309 e. The van der Waals surface area contributed by atoms with Crippen LogP contribution in [0.1, 0.15) is 79.0 Å². The third-order valence-electron chi connectivity index (χ3n) is 6.10. The van der Waals surface area contributed by atoms with Crippen LogP contribution in [-0.2, 0) is 16.2 Å². The fourth-order valence-corrected chi connectivity index (χ4v) is 4.22. The van der Waals surface area contributed by atoms with E-state index in [1.54, 1.807) is 6.07 Å². The number of rotatable bonds is 3. The molecular weight excluding hydrogens is 473 g/mol. The van der Waals surface area contributed by atoms with Crippen LogP contribution >= 0.6 is 15.9 Å². The minimum atomic E-state index is -0.250. The number of nitrogens with zero attached hydrogens (tertiary/aromatic N) is 1. The number of halogens is 2. The Labute approximate surface area is 208 Å². The van der Waals surface area contributed by atoms with Gasteiger partial charge >= 0.3 is 0 Å². The summed E-state index contributed by atoms with van der Waals surface area (Å²) in [5.74, 6) is -0.250. The van der Waals surface area contributed by atoms with Crippen LogP contribution in [0.2, 0.25) is 0 Å². The van der Waals surface area contributed by atoms with Gasteiger partial charge in [-0.1, -0.05) is 86.6 Å². The standard InChI is InChI=1S/C30H37BrFN/c1-28(2,3)20-10-14-23(15-11-20)33(24-16-12-21(13-17-24)29(4,5)6)26-19-22(30(7,8)9)18-25(32)27(26)31/h10-19H,1-9H3. The molecule has 0 aliphatic heterocycles. The van der Waals surface area contributed by atoms with Crippen LogP contribution in [0.5, 0.6) is 0 Å². The minimum absolute atomic E-state index is 0.0660. The van der Waals surface area contributed by atoms with E-state index in [1.165, 1.54) is 11.1 Å². The SMILES string of the molecule is CC(C)(C)c1ccc(N(c2ccc(C(C)(C)C)cc2)c2cc(C(C)(C)C)cc(F)c2Br)cc1. The lowest BCUT2D eigenvalue weighted by Gasteiger charge is -2.30. The minimum Gasteiger partial charge on any atom is -0.309 e. The molecule has 3 heteroatoms. The summed E-state index contributed by atoms with van der Waals surface area (Å²) < 4.78 is 15.6. The molecule has 0 aromatic heterocycles. The maximum atomic E-state index is 15.1. The number of hydrogen-bond donors (Lipinski definition) is 0. The molecule has 0 heterocycles. The van der Waals surface area contributed by atoms with E-state index in [9.17, 15) is 0 Å². The van der Waals surface area contributed by atoms with Gasteiger partial charge in [0.05, 0.1) is 10.2 Å². The smallest absolute Gasteiger partial charge is 0.139 e. The zero-order valence-corrected chi connectivity index (χ0v) is 23.1. The van der Waals surface area contributed by atoms with E-state index in [4.69, 9.17) is 0 Å². The lowest BCUT2D eigenvalue weighted by Crippen LogP contribution is -2.17. The summed E-state index contributed by atoms with van der Waals surface area (Å²) in [5.41, 5.74) is 6.25. The van der Waals surface area contributed by atoms with Crippen LogP contribution < -0.4 is 4.90 Å². The summed E-state index contributed by atoms with van der Waals surface area (Å²) in [6.07, 6.45) is 0. The Morgan fingerprint density at radius 3 is 1.27 bits per heavy atom. The molecule has 0 atom stereocenters. The molecule has 0 saturated heterocycles. The monoisotopic (exact) mass is 509 g/mol. The first-order valence-corrected chi connectivity index (χ1v) is 12.4. The van der Waals surface area contributed by atoms with Crippen molar-refractivity contribution in [1.29, 1.82) is 0 Å². The average molecular weight is 511 g/mol. The molecule has 0 aliphatic rings. The first kappa shape index (κ1) is 25.5. The van der Waals surface area contributed by atoms with Crippen LogP contribution in [0.4, 0.5) is 21.5 Å². The normalized spacial score (nSPS) is 12.7. The van der Waals surface area contributed by atoms with Crippen molar-refractivity contribution in [2.75, 3.05) is 4.90 Å². The fourth-order valence-electron chi connectivity index (χ4n) is 3.82. The molecule has 0 fully saturated rings. The number of hydrogen-bond acceptors (Lipinski definition) is 1. The Morgan fingerprint density at radius 1 is 0.576 bits per heavy atom. The maximum Gasteiger partial charge on any atom is 0.139 e. The summed E-state index contributed by atoms with van der Waals surface area (Å²) in [5, 5.41) is 0. The van der Waals surface area contributed by atoms with Gasteiger partial charge in [-0.2, -0.15) is 0 Å². The van der Waals surface area contributed by atoms with E-state index < -0.39 is 0 Å². The third-order valence-corrected chi connectivity index (χ3v) is 6.88. The Hall–Kier alpha value is -2.13. The van der Waals surface area contributed by atoms with E-state index in [0.717, 1.165) is 22.6 Å². The molecule has 0 unspecified atom stereocenters. The zero-order valence-electron chi connectivity index (χ0n) is 21.5. The topological polar surface area (TPSA) is 3.24 Å². The lowest BCUT2D eigenvalue weighted by molar-refractivity contribution is 0.570. The molecule has 176 valence electrons. The Kier molecular flexibility index (Phi) is 6.88. The summed E-state index contributed by atoms with van der Waals surface area (Å²) in [7, 11) is 0. The van der Waals surface area contributed by atoms with Gasteiger partial charge in [0.25, 0.3) is 0 Å². The highest BCUT2D eigenvalue weighted by Crippen LogP contribution is 2.43. The molecule has 0 N–H and O–H groups in total. The van der Waals surface area contributed by atoms with E-state index >= 15 is 4.39 Å². The van der Waals surface area contributed by atoms with Gasteiger partial charge in [-0.05, 0) is 85.3 Å². The molecule has 3 aromatic carbocycles. The van der Waals surface area contributed by atoms with Crippen molar-refractivity contribution in [2.45, 2.75) is 78.6 Å². The summed E-state index contributed by atoms with van der Waals surface area (Å²) in [6, 6.07) is 20.9. The van der Waals surface area contributed by atoms with Crippen LogP contribution in [0.25, 0.3) is 0 Å². The second-order valence-corrected chi connectivity index (χ2v) is 12.8. The van der Waals surface area contributed by atoms with Gasteiger partial charge in [0.2, 0.25) is 0 Å². The molecule has 33 heavy (non-hydrogen) atoms. The van der Waals surface area contributed by atoms with E-state index in [-0.39, 0.29) is 22.1 Å². The van der Waals surface area contributed by atoms with Gasteiger partial charge in [0, 0.05) is 11.4 Å². The van der Waals surface area contributed by atoms with Gasteiger partial charge in [0.15, 0.2) is 0 Å². The zero-order chi connectivity index (χ0) is 24.8. The Balaban J connectivity index is 2.24. The van der Waals surface area contributed by atoms with Crippen molar-refractivity contribution in [3.8, 4) is 0 Å². The molecule has 0 saturated carbocycles. The van der Waals surface area contributed by atoms with Crippen molar-refractivity contribution >= 4 is 33.0 Å². The van der Waals surface area contributed by atoms with Gasteiger partial charge in [-0.15, -0.1) is 0 Å². The highest BCUT2D eigenvalue weighted by molar-refractivity contribution is 9.10. The van der Waals surface area contributed by atoms with Crippen LogP contribution in [0.15, 0.2) is 65.1 Å². The lowest BCUT2D eigenvalue weighted by atomic mass is 9.86. The molecule has 0 bridgehead atoms. The molecular formula is C30H37BrFN. The van der Waals surface area contributed by atoms with Gasteiger partial charge in [0.1, 0.15) is 5.82 Å². The van der Waals surface area contributed by atoms with Gasteiger partial charge in [-0.25, -0.2) is 4.39 Å². The Morgan fingerprint density at radius 2 is 0.939 bits per heavy atom. The highest BCUT2D eigenvalue weighted by Gasteiger charge is 2.24. The van der Waals surface area contributed by atoms with Crippen molar-refractivity contribution in [3.05, 3.63) is 87.6 Å². The van der Waals surface area contributed by atoms with Crippen LogP contribution in [0, 0.1) is 5.82 Å². The molecule has 0 spiro atoms. The molecule has 0 aliphatic carbocycles. The molecule has 0 amide bonds. The first-order valence-electron chi connectivity index (χ1n) is 11.6. The summed E-state index contributed by atoms with van der Waals surface area (Å²) >= 11 is 3.55. The fraction of sp³-hybridized carbons (Fsp3) is 0.400. The van der Waals surface area contributed by atoms with Gasteiger partial charge in [-0.3, -0.25) is 0 Å². The maximum absolute atomic E-state index is 15.1. The molecule has 3 rings (SSSR count). The van der Waals surface area contributed by atoms with Crippen LogP contribution in [0.3, 0.4) is 0 Å². The predicted octanol–water partition coefficient (Wildman–Crippen LogP) is 9.95. The van der Waals surface area contributed by atoms with Crippen LogP contribution in [-0.4, -0.2) is 0 Å². The Bertz CT molecular complexity index is 1050. The quantitative estimate of drug-likeness (QED) is 0.339. The van der Waals surface area contributed by atoms with E-state index in [2.05, 4.69) is 138 Å². The van der Waals surface area contributed by atoms with Gasteiger partial charge < -0.3 is 4.90 Å². The molecule has 3 aromatic rings. The highest BCUT2D eigenvalue weighted by atomic mass is 79.9. The van der Waals surface area contributed by atoms with Crippen molar-refractivity contribution < 1.29 is 4.39 Å². The molecule has 0 radical (unpaired) electrons. The summed E-state index contributed by atoms with van der Waals surface area (Å²) in [4.78, 5) is 2.14. The number of anilines is 3. The second kappa shape index (κ2) is 8.91. The molecule has 1 nitrogen and oxygen atoms in total. The van der Waals surface area contributed by atoms with Crippen molar-refractivity contribution in [3.63, 3.8) is 0 Å². The first-order chi connectivity index (χ1) is 15.1. The van der Waals surface area contributed by atoms with Crippen molar-refractivity contribution in [1.82, 2.24) is 0 Å². The van der Waals surface area contributed by atoms with E-state index in [0.29, 0.717) is 4.47 Å². The third kappa shape index (κ3) is 5.69. The van der Waals surface area contributed by atoms with E-state index in [1.807, 2.05) is 0 Å².